The second kappa shape index (κ2) is 8.23. The number of nitrogens with zero attached hydrogens (tertiary/aromatic N) is 1. The van der Waals surface area contributed by atoms with Crippen molar-refractivity contribution >= 4 is 29.1 Å². The Balaban J connectivity index is 2.07. The van der Waals surface area contributed by atoms with Gasteiger partial charge in [0, 0.05) is 23.4 Å². The SMILES string of the molecule is N=C(N)c1ccc(NC(=O)c2cc([N+](=O)[O-])ccc2-c2ccccc2C(=O)O)cc1. The third kappa shape index (κ3) is 4.14. The Morgan fingerprint density at radius 1 is 0.967 bits per heavy atom. The van der Waals surface area contributed by atoms with E-state index < -0.39 is 16.8 Å². The summed E-state index contributed by atoms with van der Waals surface area (Å²) in [6.45, 7) is 0. The van der Waals surface area contributed by atoms with Crippen molar-refractivity contribution in [1.29, 1.82) is 5.41 Å². The number of anilines is 1. The second-order valence-corrected chi connectivity index (χ2v) is 6.28. The molecular weight excluding hydrogens is 388 g/mol. The van der Waals surface area contributed by atoms with Gasteiger partial charge in [-0.15, -0.1) is 0 Å². The number of nitrogens with two attached hydrogens (primary N) is 1. The number of rotatable bonds is 6. The zero-order chi connectivity index (χ0) is 21.8. The molecule has 150 valence electrons. The van der Waals surface area contributed by atoms with Crippen LogP contribution in [0, 0.1) is 15.5 Å². The summed E-state index contributed by atoms with van der Waals surface area (Å²) < 4.78 is 0. The van der Waals surface area contributed by atoms with Crippen LogP contribution in [0.1, 0.15) is 26.3 Å². The Kier molecular flexibility index (Phi) is 5.54. The van der Waals surface area contributed by atoms with Gasteiger partial charge in [0.2, 0.25) is 0 Å². The van der Waals surface area contributed by atoms with Gasteiger partial charge in [0.05, 0.1) is 16.1 Å². The lowest BCUT2D eigenvalue weighted by Crippen LogP contribution is -2.15. The van der Waals surface area contributed by atoms with Crippen molar-refractivity contribution in [3.05, 3.63) is 93.5 Å². The number of hydrogen-bond donors (Lipinski definition) is 4. The summed E-state index contributed by atoms with van der Waals surface area (Å²) in [5.41, 5.74) is 6.39. The molecule has 9 heteroatoms. The van der Waals surface area contributed by atoms with E-state index in [0.29, 0.717) is 11.3 Å². The van der Waals surface area contributed by atoms with Gasteiger partial charge in [-0.05, 0) is 47.5 Å². The number of nitrogen functional groups attached to an aromatic ring is 1. The van der Waals surface area contributed by atoms with E-state index in [-0.39, 0.29) is 33.8 Å². The van der Waals surface area contributed by atoms with Crippen LogP contribution in [0.2, 0.25) is 0 Å². The number of amidine groups is 1. The van der Waals surface area contributed by atoms with E-state index in [0.717, 1.165) is 6.07 Å². The molecule has 3 rings (SSSR count). The fourth-order valence-corrected chi connectivity index (χ4v) is 2.90. The molecule has 0 aliphatic heterocycles. The van der Waals surface area contributed by atoms with E-state index in [1.54, 1.807) is 24.3 Å². The van der Waals surface area contributed by atoms with Gasteiger partial charge in [0.15, 0.2) is 0 Å². The zero-order valence-corrected chi connectivity index (χ0v) is 15.5. The summed E-state index contributed by atoms with van der Waals surface area (Å²) in [6.07, 6.45) is 0. The van der Waals surface area contributed by atoms with E-state index in [2.05, 4.69) is 5.32 Å². The van der Waals surface area contributed by atoms with Crippen LogP contribution in [0.3, 0.4) is 0 Å². The first kappa shape index (κ1) is 20.2. The van der Waals surface area contributed by atoms with Crippen LogP contribution in [-0.4, -0.2) is 27.7 Å². The summed E-state index contributed by atoms with van der Waals surface area (Å²) in [5.74, 6) is -1.96. The van der Waals surface area contributed by atoms with Crippen LogP contribution in [-0.2, 0) is 0 Å². The number of aromatic carboxylic acids is 1. The predicted molar refractivity (Wildman–Crippen MR) is 111 cm³/mol. The van der Waals surface area contributed by atoms with Crippen molar-refractivity contribution < 1.29 is 19.6 Å². The maximum absolute atomic E-state index is 12.9. The van der Waals surface area contributed by atoms with E-state index in [1.807, 2.05) is 0 Å². The Labute approximate surface area is 170 Å². The first-order valence-electron chi connectivity index (χ1n) is 8.65. The third-order valence-corrected chi connectivity index (χ3v) is 4.36. The van der Waals surface area contributed by atoms with Crippen LogP contribution in [0.4, 0.5) is 11.4 Å². The van der Waals surface area contributed by atoms with Crippen molar-refractivity contribution in [3.8, 4) is 11.1 Å². The molecule has 0 radical (unpaired) electrons. The maximum Gasteiger partial charge on any atom is 0.336 e. The van der Waals surface area contributed by atoms with Crippen LogP contribution in [0.5, 0.6) is 0 Å². The Hall–Kier alpha value is -4.53. The molecule has 0 fully saturated rings. The molecule has 0 spiro atoms. The van der Waals surface area contributed by atoms with E-state index in [4.69, 9.17) is 11.1 Å². The number of nitro benzene ring substituents is 1. The van der Waals surface area contributed by atoms with Crippen molar-refractivity contribution in [2.75, 3.05) is 5.32 Å². The van der Waals surface area contributed by atoms with Gasteiger partial charge in [-0.2, -0.15) is 0 Å². The number of non-ortho nitro benzene ring substituents is 1. The van der Waals surface area contributed by atoms with E-state index in [1.165, 1.54) is 36.4 Å². The number of carbonyl (C=O) groups excluding carboxylic acids is 1. The average molecular weight is 404 g/mol. The van der Waals surface area contributed by atoms with Crippen LogP contribution < -0.4 is 11.1 Å². The molecule has 30 heavy (non-hydrogen) atoms. The number of hydrogen-bond acceptors (Lipinski definition) is 5. The van der Waals surface area contributed by atoms with Crippen LogP contribution >= 0.6 is 0 Å². The van der Waals surface area contributed by atoms with Crippen molar-refractivity contribution in [2.24, 2.45) is 5.73 Å². The molecule has 0 heterocycles. The Morgan fingerprint density at radius 2 is 1.60 bits per heavy atom. The fourth-order valence-electron chi connectivity index (χ4n) is 2.90. The summed E-state index contributed by atoms with van der Waals surface area (Å²) in [6, 6.07) is 15.9. The first-order valence-corrected chi connectivity index (χ1v) is 8.65. The van der Waals surface area contributed by atoms with E-state index in [9.17, 15) is 24.8 Å². The summed E-state index contributed by atoms with van der Waals surface area (Å²) in [5, 5.41) is 30.7. The Bertz CT molecular complexity index is 1170. The van der Waals surface area contributed by atoms with E-state index >= 15 is 0 Å². The highest BCUT2D eigenvalue weighted by Crippen LogP contribution is 2.31. The lowest BCUT2D eigenvalue weighted by Gasteiger charge is -2.13. The fraction of sp³-hybridized carbons (Fsp3) is 0. The highest BCUT2D eigenvalue weighted by atomic mass is 16.6. The monoisotopic (exact) mass is 404 g/mol. The number of amides is 1. The number of carboxylic acids is 1. The second-order valence-electron chi connectivity index (χ2n) is 6.28. The molecule has 0 atom stereocenters. The van der Waals surface area contributed by atoms with Gasteiger partial charge in [-0.25, -0.2) is 4.79 Å². The van der Waals surface area contributed by atoms with Gasteiger partial charge < -0.3 is 16.2 Å². The molecule has 1 amide bonds. The molecule has 3 aromatic carbocycles. The predicted octanol–water partition coefficient (Wildman–Crippen LogP) is 3.50. The highest BCUT2D eigenvalue weighted by Gasteiger charge is 2.21. The van der Waals surface area contributed by atoms with Crippen LogP contribution in [0.15, 0.2) is 66.7 Å². The zero-order valence-electron chi connectivity index (χ0n) is 15.5. The van der Waals surface area contributed by atoms with Gasteiger partial charge in [0.25, 0.3) is 11.6 Å². The van der Waals surface area contributed by atoms with Gasteiger partial charge in [0.1, 0.15) is 5.84 Å². The third-order valence-electron chi connectivity index (χ3n) is 4.36. The lowest BCUT2D eigenvalue weighted by molar-refractivity contribution is -0.384. The molecule has 0 bridgehead atoms. The largest absolute Gasteiger partial charge is 0.478 e. The molecule has 3 aromatic rings. The van der Waals surface area contributed by atoms with Crippen LogP contribution in [0.25, 0.3) is 11.1 Å². The topological polar surface area (TPSA) is 159 Å². The lowest BCUT2D eigenvalue weighted by atomic mass is 9.94. The number of benzene rings is 3. The van der Waals surface area contributed by atoms with Crippen molar-refractivity contribution in [3.63, 3.8) is 0 Å². The smallest absolute Gasteiger partial charge is 0.336 e. The van der Waals surface area contributed by atoms with Gasteiger partial charge in [-0.3, -0.25) is 20.3 Å². The molecule has 5 N–H and O–H groups in total. The summed E-state index contributed by atoms with van der Waals surface area (Å²) in [7, 11) is 0. The minimum absolute atomic E-state index is 0.0359. The maximum atomic E-state index is 12.9. The quantitative estimate of drug-likeness (QED) is 0.213. The average Bonchev–Trinajstić information content (AvgIpc) is 2.73. The summed E-state index contributed by atoms with van der Waals surface area (Å²) in [4.78, 5) is 35.1. The molecule has 0 saturated carbocycles. The normalized spacial score (nSPS) is 10.3. The number of nitro groups is 1. The molecular formula is C21H16N4O5. The molecule has 0 saturated heterocycles. The molecule has 0 unspecified atom stereocenters. The summed E-state index contributed by atoms with van der Waals surface area (Å²) >= 11 is 0. The number of carboxylic acid groups (broad SMARTS) is 1. The minimum Gasteiger partial charge on any atom is -0.478 e. The Morgan fingerprint density at radius 3 is 2.20 bits per heavy atom. The number of nitrogens with one attached hydrogen (secondary N) is 2. The van der Waals surface area contributed by atoms with Crippen molar-refractivity contribution in [2.45, 2.75) is 0 Å². The molecule has 0 aliphatic carbocycles. The first-order chi connectivity index (χ1) is 14.3. The highest BCUT2D eigenvalue weighted by molar-refractivity contribution is 6.11. The minimum atomic E-state index is -1.19. The molecule has 0 aromatic heterocycles. The van der Waals surface area contributed by atoms with Gasteiger partial charge >= 0.3 is 5.97 Å². The standard InChI is InChI=1S/C21H16N4O5/c22-19(23)12-5-7-13(8-6-12)24-20(26)18-11-14(25(29)30)9-10-16(18)15-3-1-2-4-17(15)21(27)28/h1-11H,(H3,22,23)(H,24,26)(H,27,28). The van der Waals surface area contributed by atoms with Crippen molar-refractivity contribution in [1.82, 2.24) is 0 Å². The molecule has 9 nitrogen and oxygen atoms in total. The van der Waals surface area contributed by atoms with Gasteiger partial charge in [-0.1, -0.05) is 18.2 Å². The number of carbonyl (C=O) groups is 2. The molecule has 0 aliphatic rings.